The smallest absolute Gasteiger partial charge is 0.179 e. The van der Waals surface area contributed by atoms with Crippen LogP contribution in [0.25, 0.3) is 11.2 Å². The molecule has 4 N–H and O–H groups in total. The molecule has 30 heavy (non-hydrogen) atoms. The Balaban J connectivity index is 1.33. The first-order valence-electron chi connectivity index (χ1n) is 10.7. The van der Waals surface area contributed by atoms with Gasteiger partial charge in [0.25, 0.3) is 0 Å². The van der Waals surface area contributed by atoms with Gasteiger partial charge in [0.05, 0.1) is 12.4 Å². The van der Waals surface area contributed by atoms with Crippen LogP contribution < -0.4 is 20.9 Å². The van der Waals surface area contributed by atoms with Crippen LogP contribution >= 0.6 is 0 Å². The lowest BCUT2D eigenvalue weighted by molar-refractivity contribution is 0.187. The molecule has 1 fully saturated rings. The van der Waals surface area contributed by atoms with Gasteiger partial charge in [-0.05, 0) is 49.8 Å². The monoisotopic (exact) mass is 406 g/mol. The molecule has 1 spiro atoms. The molecule has 5 rings (SSSR count). The van der Waals surface area contributed by atoms with E-state index in [1.807, 2.05) is 20.3 Å². The van der Waals surface area contributed by atoms with Gasteiger partial charge in [0.1, 0.15) is 5.82 Å². The fraction of sp³-hybridized carbons (Fsp3) is 0.500. The number of nitrogens with one attached hydrogen (secondary N) is 2. The van der Waals surface area contributed by atoms with Crippen molar-refractivity contribution in [1.29, 1.82) is 0 Å². The number of benzene rings is 1. The van der Waals surface area contributed by atoms with Crippen LogP contribution in [0.4, 0.5) is 11.6 Å². The third-order valence-electron chi connectivity index (χ3n) is 7.25. The van der Waals surface area contributed by atoms with Crippen LogP contribution in [0.5, 0.6) is 0 Å². The summed E-state index contributed by atoms with van der Waals surface area (Å²) in [5.41, 5.74) is 11.2. The minimum atomic E-state index is 0.129. The van der Waals surface area contributed by atoms with Gasteiger partial charge in [0, 0.05) is 26.2 Å². The normalized spacial score (nSPS) is 21.2. The lowest BCUT2D eigenvalue weighted by atomic mass is 9.73. The largest absolute Gasteiger partial charge is 0.355 e. The maximum atomic E-state index is 6.71. The molecular weight excluding hydrogens is 376 g/mol. The van der Waals surface area contributed by atoms with E-state index in [-0.39, 0.29) is 17.6 Å². The van der Waals surface area contributed by atoms with Crippen LogP contribution in [0, 0.1) is 5.41 Å². The zero-order valence-electron chi connectivity index (χ0n) is 17.9. The van der Waals surface area contributed by atoms with Crippen LogP contribution in [0.1, 0.15) is 36.9 Å². The Morgan fingerprint density at radius 1 is 1.30 bits per heavy atom. The van der Waals surface area contributed by atoms with Gasteiger partial charge in [-0.25, -0.2) is 9.97 Å². The molecule has 3 heterocycles. The molecular formula is C22H30N8. The molecule has 1 aliphatic heterocycles. The first kappa shape index (κ1) is 19.3. The fourth-order valence-corrected chi connectivity index (χ4v) is 5.04. The van der Waals surface area contributed by atoms with E-state index in [2.05, 4.69) is 56.5 Å². The lowest BCUT2D eigenvalue weighted by Crippen LogP contribution is -2.44. The highest BCUT2D eigenvalue weighted by atomic mass is 15.3. The van der Waals surface area contributed by atoms with Crippen LogP contribution in [0.2, 0.25) is 0 Å². The van der Waals surface area contributed by atoms with E-state index in [0.29, 0.717) is 0 Å². The molecule has 2 aliphatic rings. The Labute approximate surface area is 176 Å². The van der Waals surface area contributed by atoms with Crippen molar-refractivity contribution in [3.63, 3.8) is 0 Å². The van der Waals surface area contributed by atoms with E-state index in [0.717, 1.165) is 55.2 Å². The second-order valence-electron chi connectivity index (χ2n) is 8.75. The minimum absolute atomic E-state index is 0.129. The molecule has 158 valence electrons. The van der Waals surface area contributed by atoms with Crippen molar-refractivity contribution in [2.45, 2.75) is 38.4 Å². The first-order chi connectivity index (χ1) is 14.5. The van der Waals surface area contributed by atoms with Gasteiger partial charge < -0.3 is 20.9 Å². The Kier molecular flexibility index (Phi) is 4.63. The maximum Gasteiger partial charge on any atom is 0.179 e. The summed E-state index contributed by atoms with van der Waals surface area (Å²) >= 11 is 0. The Morgan fingerprint density at radius 3 is 2.80 bits per heavy atom. The highest BCUT2D eigenvalue weighted by molar-refractivity contribution is 5.84. The van der Waals surface area contributed by atoms with Gasteiger partial charge >= 0.3 is 0 Å². The number of hydrogen-bond acceptors (Lipinski definition) is 7. The summed E-state index contributed by atoms with van der Waals surface area (Å²) in [5.74, 6) is 1.71. The number of fused-ring (bicyclic) bond motifs is 2. The highest BCUT2D eigenvalue weighted by Crippen LogP contribution is 2.50. The Hall–Kier alpha value is -2.71. The molecule has 1 aromatic carbocycles. The first-order valence-corrected chi connectivity index (χ1v) is 10.7. The standard InChI is InChI=1S/C22H30N8/c1-14(24-2)29(3)21-18-20(27-28-21)26-17(13-25-18)30-10-8-22(9-11-30)12-15-6-4-5-7-16(15)19(22)23/h4-7,13-14,19,24H,8-12,23H2,1-3H3,(H,26,27,28)/t14-,19+/m0/s1. The molecule has 2 aromatic heterocycles. The summed E-state index contributed by atoms with van der Waals surface area (Å²) < 4.78 is 0. The summed E-state index contributed by atoms with van der Waals surface area (Å²) in [5, 5.41) is 10.7. The van der Waals surface area contributed by atoms with Crippen molar-refractivity contribution in [2.75, 3.05) is 37.0 Å². The number of nitrogens with zero attached hydrogens (tertiary/aromatic N) is 5. The third kappa shape index (κ3) is 2.94. The average molecular weight is 407 g/mol. The van der Waals surface area contributed by atoms with Gasteiger partial charge in [0.15, 0.2) is 17.0 Å². The van der Waals surface area contributed by atoms with Gasteiger partial charge in [-0.3, -0.25) is 5.10 Å². The van der Waals surface area contributed by atoms with Gasteiger partial charge in [-0.15, -0.1) is 0 Å². The number of H-pyrrole nitrogens is 1. The molecule has 2 atom stereocenters. The fourth-order valence-electron chi connectivity index (χ4n) is 5.04. The SMILES string of the molecule is CN[C@H](C)N(C)c1n[nH]c2nc(N3CCC4(CC3)Cc3ccccc3[C@H]4N)cnc12. The molecule has 8 heteroatoms. The Morgan fingerprint density at radius 2 is 2.07 bits per heavy atom. The average Bonchev–Trinajstić information content (AvgIpc) is 3.32. The predicted octanol–water partition coefficient (Wildman–Crippen LogP) is 2.20. The summed E-state index contributed by atoms with van der Waals surface area (Å²) in [4.78, 5) is 13.9. The molecule has 1 saturated heterocycles. The summed E-state index contributed by atoms with van der Waals surface area (Å²) in [6, 6.07) is 8.78. The quantitative estimate of drug-likeness (QED) is 0.571. The van der Waals surface area contributed by atoms with Crippen molar-refractivity contribution >= 4 is 22.8 Å². The van der Waals surface area contributed by atoms with E-state index in [9.17, 15) is 0 Å². The van der Waals surface area contributed by atoms with Crippen LogP contribution in [0.15, 0.2) is 30.5 Å². The minimum Gasteiger partial charge on any atom is -0.355 e. The second kappa shape index (κ2) is 7.21. The Bertz CT molecular complexity index is 1050. The molecule has 0 saturated carbocycles. The number of aromatic amines is 1. The zero-order valence-corrected chi connectivity index (χ0v) is 17.9. The maximum absolute atomic E-state index is 6.71. The third-order valence-corrected chi connectivity index (χ3v) is 7.25. The number of hydrogen-bond donors (Lipinski definition) is 3. The van der Waals surface area contributed by atoms with Gasteiger partial charge in [-0.2, -0.15) is 5.10 Å². The lowest BCUT2D eigenvalue weighted by Gasteiger charge is -2.42. The number of aromatic nitrogens is 4. The van der Waals surface area contributed by atoms with E-state index in [1.54, 1.807) is 0 Å². The molecule has 1 aliphatic carbocycles. The van der Waals surface area contributed by atoms with Gasteiger partial charge in [-0.1, -0.05) is 24.3 Å². The topological polar surface area (TPSA) is 99.0 Å². The van der Waals surface area contributed by atoms with E-state index >= 15 is 0 Å². The van der Waals surface area contributed by atoms with Crippen LogP contribution in [0.3, 0.4) is 0 Å². The summed E-state index contributed by atoms with van der Waals surface area (Å²) in [6.45, 7) is 3.97. The van der Waals surface area contributed by atoms with E-state index in [4.69, 9.17) is 15.7 Å². The van der Waals surface area contributed by atoms with Gasteiger partial charge in [0.2, 0.25) is 0 Å². The number of nitrogens with two attached hydrogens (primary N) is 1. The molecule has 0 unspecified atom stereocenters. The van der Waals surface area contributed by atoms with Crippen molar-refractivity contribution in [2.24, 2.45) is 11.1 Å². The highest BCUT2D eigenvalue weighted by Gasteiger charge is 2.45. The second-order valence-corrected chi connectivity index (χ2v) is 8.75. The summed E-state index contributed by atoms with van der Waals surface area (Å²) in [7, 11) is 3.93. The predicted molar refractivity (Wildman–Crippen MR) is 120 cm³/mol. The number of rotatable bonds is 4. The van der Waals surface area contributed by atoms with E-state index < -0.39 is 0 Å². The zero-order chi connectivity index (χ0) is 20.9. The number of anilines is 2. The number of piperidine rings is 1. The van der Waals surface area contributed by atoms with Crippen LogP contribution in [-0.4, -0.2) is 53.5 Å². The molecule has 8 nitrogen and oxygen atoms in total. The summed E-state index contributed by atoms with van der Waals surface area (Å²) in [6.07, 6.45) is 5.25. The van der Waals surface area contributed by atoms with E-state index in [1.165, 1.54) is 11.1 Å². The van der Waals surface area contributed by atoms with Crippen LogP contribution in [-0.2, 0) is 6.42 Å². The van der Waals surface area contributed by atoms with Crippen molar-refractivity contribution in [1.82, 2.24) is 25.5 Å². The molecule has 0 bridgehead atoms. The van der Waals surface area contributed by atoms with Crippen molar-refractivity contribution < 1.29 is 0 Å². The molecule has 0 radical (unpaired) electrons. The molecule has 3 aromatic rings. The van der Waals surface area contributed by atoms with Crippen molar-refractivity contribution in [3.05, 3.63) is 41.6 Å². The van der Waals surface area contributed by atoms with Crippen molar-refractivity contribution in [3.8, 4) is 0 Å². The molecule has 0 amide bonds.